The third-order valence-electron chi connectivity index (χ3n) is 4.30. The fourth-order valence-electron chi connectivity index (χ4n) is 2.50. The van der Waals surface area contributed by atoms with Crippen LogP contribution in [-0.2, 0) is 12.4 Å². The Balaban J connectivity index is 0.000000362. The summed E-state index contributed by atoms with van der Waals surface area (Å²) in [5.41, 5.74) is 2.90. The zero-order valence-corrected chi connectivity index (χ0v) is 20.1. The molecule has 0 saturated carbocycles. The number of ether oxygens (including phenoxy) is 2. The van der Waals surface area contributed by atoms with Crippen molar-refractivity contribution in [1.29, 1.82) is 0 Å². The number of nitrogen functional groups attached to an aromatic ring is 1. The van der Waals surface area contributed by atoms with Crippen LogP contribution in [0.2, 0.25) is 0 Å². The van der Waals surface area contributed by atoms with Crippen molar-refractivity contribution in [2.75, 3.05) is 60.2 Å². The van der Waals surface area contributed by atoms with Crippen LogP contribution in [0.15, 0.2) is 36.4 Å². The van der Waals surface area contributed by atoms with Crippen LogP contribution < -0.4 is 15.2 Å². The molecule has 0 heterocycles. The molecular weight excluding hydrogens is 498 g/mol. The van der Waals surface area contributed by atoms with E-state index in [2.05, 4.69) is 0 Å². The number of likely N-dealkylation sites (N-methyl/N-ethyl adjacent to an activating group) is 2. The third kappa shape index (κ3) is 11.4. The quantitative estimate of drug-likeness (QED) is 0.218. The highest BCUT2D eigenvalue weighted by atomic mass is 19.4. The minimum absolute atomic E-state index is 0.0414. The predicted molar refractivity (Wildman–Crippen MR) is 122 cm³/mol. The summed E-state index contributed by atoms with van der Waals surface area (Å²) in [6.07, 6.45) is -9.05. The fraction of sp³-hybridized carbons (Fsp3) is 0.455. The first kappa shape index (κ1) is 30.8. The summed E-state index contributed by atoms with van der Waals surface area (Å²) in [6.45, 7) is 1.57. The van der Waals surface area contributed by atoms with Gasteiger partial charge in [-0.15, -0.1) is 0 Å². The number of anilines is 1. The van der Waals surface area contributed by atoms with E-state index in [4.69, 9.17) is 15.2 Å². The van der Waals surface area contributed by atoms with Gasteiger partial charge in [-0.1, -0.05) is 0 Å². The van der Waals surface area contributed by atoms with Gasteiger partial charge in [-0.2, -0.15) is 26.3 Å². The van der Waals surface area contributed by atoms with Gasteiger partial charge >= 0.3 is 12.4 Å². The number of hydrogen-bond acceptors (Lipinski definition) is 7. The molecule has 0 radical (unpaired) electrons. The Kier molecular flexibility index (Phi) is 11.2. The van der Waals surface area contributed by atoms with Gasteiger partial charge in [0.15, 0.2) is 0 Å². The number of hydrogen-bond donors (Lipinski definition) is 1. The molecule has 8 nitrogen and oxygen atoms in total. The van der Waals surface area contributed by atoms with E-state index in [0.717, 1.165) is 24.3 Å². The maximum absolute atomic E-state index is 12.6. The van der Waals surface area contributed by atoms with Crippen molar-refractivity contribution in [3.63, 3.8) is 0 Å². The van der Waals surface area contributed by atoms with Gasteiger partial charge in [0.2, 0.25) is 0 Å². The first-order valence-electron chi connectivity index (χ1n) is 10.4. The van der Waals surface area contributed by atoms with Crippen molar-refractivity contribution in [2.45, 2.75) is 12.4 Å². The van der Waals surface area contributed by atoms with Gasteiger partial charge in [0.25, 0.3) is 5.69 Å². The fourth-order valence-corrected chi connectivity index (χ4v) is 2.50. The Morgan fingerprint density at radius 1 is 0.778 bits per heavy atom. The van der Waals surface area contributed by atoms with E-state index >= 15 is 0 Å². The number of halogens is 6. The first-order chi connectivity index (χ1) is 16.5. The van der Waals surface area contributed by atoms with Crippen LogP contribution in [0.3, 0.4) is 0 Å². The van der Waals surface area contributed by atoms with Crippen molar-refractivity contribution < 1.29 is 40.7 Å². The number of nitrogens with two attached hydrogens (primary N) is 1. The molecule has 0 fully saturated rings. The standard InChI is InChI=1S/C11H13F3N2O3.C11H15F3N2O/c1-15(2)3-4-19-10-6-8(11(12,13)14)5-9(7-10)16(17)18;1-16(2)3-4-17-10-6-8(11(12,13)14)5-9(15)7-10/h5-7H,3-4H2,1-2H3;5-7H,3-4,15H2,1-2H3. The smallest absolute Gasteiger partial charge is 0.416 e. The molecular formula is C22H28F6N4O4. The van der Waals surface area contributed by atoms with Crippen LogP contribution in [0.5, 0.6) is 11.5 Å². The van der Waals surface area contributed by atoms with Crippen LogP contribution in [0, 0.1) is 10.1 Å². The topological polar surface area (TPSA) is 94.1 Å². The Labute approximate surface area is 204 Å². The van der Waals surface area contributed by atoms with Gasteiger partial charge in [0.1, 0.15) is 24.7 Å². The van der Waals surface area contributed by atoms with Crippen LogP contribution in [0.25, 0.3) is 0 Å². The predicted octanol–water partition coefficient (Wildman–Crippen LogP) is 4.78. The van der Waals surface area contributed by atoms with Crippen molar-refractivity contribution >= 4 is 11.4 Å². The van der Waals surface area contributed by atoms with E-state index in [9.17, 15) is 36.5 Å². The second kappa shape index (κ2) is 13.2. The van der Waals surface area contributed by atoms with Crippen LogP contribution in [0.4, 0.5) is 37.7 Å². The molecule has 0 spiro atoms. The highest BCUT2D eigenvalue weighted by Gasteiger charge is 2.33. The molecule has 0 aromatic heterocycles. The van der Waals surface area contributed by atoms with E-state index in [0.29, 0.717) is 25.8 Å². The molecule has 14 heteroatoms. The molecule has 0 aliphatic heterocycles. The summed E-state index contributed by atoms with van der Waals surface area (Å²) >= 11 is 0. The lowest BCUT2D eigenvalue weighted by Gasteiger charge is -2.13. The number of nitrogens with zero attached hydrogens (tertiary/aromatic N) is 3. The van der Waals surface area contributed by atoms with Crippen molar-refractivity contribution in [3.05, 3.63) is 57.6 Å². The summed E-state index contributed by atoms with van der Waals surface area (Å²) in [4.78, 5) is 13.4. The molecule has 0 atom stereocenters. The average Bonchev–Trinajstić information content (AvgIpc) is 2.72. The highest BCUT2D eigenvalue weighted by molar-refractivity contribution is 5.48. The van der Waals surface area contributed by atoms with Gasteiger partial charge in [0.05, 0.1) is 22.1 Å². The normalized spacial score (nSPS) is 11.8. The molecule has 0 unspecified atom stereocenters. The Hall–Kier alpha value is -3.26. The minimum atomic E-state index is -4.65. The summed E-state index contributed by atoms with van der Waals surface area (Å²) in [6, 6.07) is 5.43. The average molecular weight is 526 g/mol. The number of rotatable bonds is 9. The van der Waals surface area contributed by atoms with Gasteiger partial charge in [-0.05, 0) is 46.4 Å². The number of nitro benzene ring substituents is 1. The van der Waals surface area contributed by atoms with Crippen LogP contribution >= 0.6 is 0 Å². The second-order valence-corrected chi connectivity index (χ2v) is 8.06. The van der Waals surface area contributed by atoms with E-state index in [1.165, 1.54) is 6.07 Å². The van der Waals surface area contributed by atoms with Crippen LogP contribution in [0.1, 0.15) is 11.1 Å². The maximum atomic E-state index is 12.6. The molecule has 36 heavy (non-hydrogen) atoms. The van der Waals surface area contributed by atoms with E-state index in [-0.39, 0.29) is 23.8 Å². The molecule has 2 rings (SSSR count). The summed E-state index contributed by atoms with van der Waals surface area (Å²) < 4.78 is 85.5. The third-order valence-corrected chi connectivity index (χ3v) is 4.30. The highest BCUT2D eigenvalue weighted by Crippen LogP contribution is 2.35. The van der Waals surface area contributed by atoms with Gasteiger partial charge in [-0.25, -0.2) is 0 Å². The lowest BCUT2D eigenvalue weighted by atomic mass is 10.2. The summed E-state index contributed by atoms with van der Waals surface area (Å²) in [5, 5.41) is 10.6. The van der Waals surface area contributed by atoms with E-state index < -0.39 is 34.1 Å². The number of nitro groups is 1. The zero-order valence-electron chi connectivity index (χ0n) is 20.1. The van der Waals surface area contributed by atoms with Crippen molar-refractivity contribution in [3.8, 4) is 11.5 Å². The van der Waals surface area contributed by atoms with Crippen molar-refractivity contribution in [2.24, 2.45) is 0 Å². The SMILES string of the molecule is CN(C)CCOc1cc(N)cc(C(F)(F)F)c1.CN(C)CCOc1cc([N+](=O)[O-])cc(C(F)(F)F)c1. The lowest BCUT2D eigenvalue weighted by Crippen LogP contribution is -2.19. The number of alkyl halides is 6. The van der Waals surface area contributed by atoms with Crippen LogP contribution in [-0.4, -0.2) is 69.2 Å². The van der Waals surface area contributed by atoms with Gasteiger partial charge < -0.3 is 25.0 Å². The first-order valence-corrected chi connectivity index (χ1v) is 10.4. The Morgan fingerprint density at radius 2 is 1.19 bits per heavy atom. The molecule has 2 N–H and O–H groups in total. The molecule has 202 valence electrons. The maximum Gasteiger partial charge on any atom is 0.416 e. The summed E-state index contributed by atoms with van der Waals surface area (Å²) in [5.74, 6) is -0.0254. The number of non-ortho nitro benzene ring substituents is 1. The molecule has 0 amide bonds. The zero-order chi connectivity index (χ0) is 27.7. The number of benzene rings is 2. The molecule has 0 aliphatic carbocycles. The molecule has 2 aromatic carbocycles. The van der Waals surface area contributed by atoms with E-state index in [1.807, 2.05) is 19.0 Å². The monoisotopic (exact) mass is 526 g/mol. The molecule has 0 aliphatic rings. The van der Waals surface area contributed by atoms with Gasteiger partial charge in [0, 0.05) is 30.9 Å². The Bertz CT molecular complexity index is 997. The largest absolute Gasteiger partial charge is 0.492 e. The summed E-state index contributed by atoms with van der Waals surface area (Å²) in [7, 11) is 7.25. The Morgan fingerprint density at radius 3 is 1.58 bits per heavy atom. The molecule has 2 aromatic rings. The van der Waals surface area contributed by atoms with Gasteiger partial charge in [-0.3, -0.25) is 10.1 Å². The molecule has 0 bridgehead atoms. The second-order valence-electron chi connectivity index (χ2n) is 8.06. The molecule has 0 saturated heterocycles. The minimum Gasteiger partial charge on any atom is -0.492 e. The van der Waals surface area contributed by atoms with E-state index in [1.54, 1.807) is 19.0 Å². The van der Waals surface area contributed by atoms with Crippen molar-refractivity contribution in [1.82, 2.24) is 9.80 Å². The lowest BCUT2D eigenvalue weighted by molar-refractivity contribution is -0.385.